The van der Waals surface area contributed by atoms with Gasteiger partial charge in [-0.3, -0.25) is 0 Å². The Morgan fingerprint density at radius 2 is 2.20 bits per heavy atom. The lowest BCUT2D eigenvalue weighted by Gasteiger charge is -2.54. The van der Waals surface area contributed by atoms with Gasteiger partial charge in [-0.05, 0) is 31.1 Å². The van der Waals surface area contributed by atoms with Gasteiger partial charge in [0.25, 0.3) is 0 Å². The zero-order valence-electron chi connectivity index (χ0n) is 6.64. The summed E-state index contributed by atoms with van der Waals surface area (Å²) in [6, 6.07) is 0. The first kappa shape index (κ1) is 6.66. The van der Waals surface area contributed by atoms with Crippen LogP contribution in [0.1, 0.15) is 39.0 Å². The van der Waals surface area contributed by atoms with E-state index in [1.54, 1.807) is 0 Å². The van der Waals surface area contributed by atoms with Crippen molar-refractivity contribution in [3.05, 3.63) is 0 Å². The summed E-state index contributed by atoms with van der Waals surface area (Å²) in [7, 11) is 0. The maximum atomic E-state index is 10.00. The molecule has 0 heterocycles. The molecule has 0 bridgehead atoms. The van der Waals surface area contributed by atoms with E-state index in [-0.39, 0.29) is 5.60 Å². The van der Waals surface area contributed by atoms with Crippen molar-refractivity contribution in [1.29, 1.82) is 0 Å². The summed E-state index contributed by atoms with van der Waals surface area (Å²) < 4.78 is 0. The van der Waals surface area contributed by atoms with Crippen molar-refractivity contribution in [2.45, 2.75) is 44.6 Å². The summed E-state index contributed by atoms with van der Waals surface area (Å²) in [5.41, 5.74) is -0.224. The van der Waals surface area contributed by atoms with Gasteiger partial charge >= 0.3 is 0 Å². The SMILES string of the molecule is CC1CC2CCCCC12O. The van der Waals surface area contributed by atoms with Crippen LogP contribution in [0, 0.1) is 11.8 Å². The molecule has 2 saturated carbocycles. The van der Waals surface area contributed by atoms with E-state index in [9.17, 15) is 5.11 Å². The van der Waals surface area contributed by atoms with Gasteiger partial charge in [-0.25, -0.2) is 0 Å². The van der Waals surface area contributed by atoms with E-state index in [1.165, 1.54) is 25.7 Å². The number of hydrogen-bond donors (Lipinski definition) is 1. The largest absolute Gasteiger partial charge is 0.389 e. The number of fused-ring (bicyclic) bond motifs is 1. The highest BCUT2D eigenvalue weighted by molar-refractivity contribution is 5.02. The molecule has 58 valence electrons. The maximum Gasteiger partial charge on any atom is 0.0701 e. The molecule has 3 unspecified atom stereocenters. The molecule has 2 rings (SSSR count). The molecule has 2 aliphatic rings. The molecule has 2 fully saturated rings. The molecule has 0 amide bonds. The fraction of sp³-hybridized carbons (Fsp3) is 1.00. The first-order valence-electron chi connectivity index (χ1n) is 4.46. The van der Waals surface area contributed by atoms with Crippen LogP contribution in [-0.4, -0.2) is 10.7 Å². The Bertz CT molecular complexity index is 142. The van der Waals surface area contributed by atoms with Gasteiger partial charge in [-0.1, -0.05) is 19.8 Å². The highest BCUT2D eigenvalue weighted by Crippen LogP contribution is 2.52. The molecular weight excluding hydrogens is 124 g/mol. The Morgan fingerprint density at radius 1 is 1.40 bits per heavy atom. The minimum absolute atomic E-state index is 0.224. The lowest BCUT2D eigenvalue weighted by molar-refractivity contribution is -0.165. The Hall–Kier alpha value is -0.0400. The topological polar surface area (TPSA) is 20.2 Å². The van der Waals surface area contributed by atoms with Crippen LogP contribution in [0.2, 0.25) is 0 Å². The van der Waals surface area contributed by atoms with Crippen LogP contribution < -0.4 is 0 Å². The molecule has 2 aliphatic carbocycles. The van der Waals surface area contributed by atoms with E-state index in [0.717, 1.165) is 6.42 Å². The van der Waals surface area contributed by atoms with E-state index >= 15 is 0 Å². The second-order valence-electron chi connectivity index (χ2n) is 4.07. The summed E-state index contributed by atoms with van der Waals surface area (Å²) in [6.07, 6.45) is 6.22. The summed E-state index contributed by atoms with van der Waals surface area (Å²) in [5, 5.41) is 10.00. The van der Waals surface area contributed by atoms with Gasteiger partial charge in [0.05, 0.1) is 5.60 Å². The van der Waals surface area contributed by atoms with Crippen molar-refractivity contribution < 1.29 is 5.11 Å². The van der Waals surface area contributed by atoms with Crippen LogP contribution in [0.25, 0.3) is 0 Å². The third-order valence-electron chi connectivity index (χ3n) is 3.58. The molecule has 0 aromatic carbocycles. The first-order valence-corrected chi connectivity index (χ1v) is 4.46. The molecule has 1 heteroatoms. The number of rotatable bonds is 0. The molecule has 3 atom stereocenters. The van der Waals surface area contributed by atoms with Crippen LogP contribution in [0.5, 0.6) is 0 Å². The standard InChI is InChI=1S/C9H16O/c1-7-6-8-4-2-3-5-9(7,8)10/h7-8,10H,2-6H2,1H3. The molecule has 0 radical (unpaired) electrons. The van der Waals surface area contributed by atoms with Crippen LogP contribution in [-0.2, 0) is 0 Å². The Balaban J connectivity index is 2.08. The fourth-order valence-electron chi connectivity index (χ4n) is 2.69. The second kappa shape index (κ2) is 1.97. The van der Waals surface area contributed by atoms with Gasteiger partial charge in [-0.2, -0.15) is 0 Å². The summed E-state index contributed by atoms with van der Waals surface area (Å²) in [6.45, 7) is 2.18. The highest BCUT2D eigenvalue weighted by Gasteiger charge is 2.51. The molecule has 1 N–H and O–H groups in total. The highest BCUT2D eigenvalue weighted by atomic mass is 16.3. The monoisotopic (exact) mass is 140 g/mol. The number of hydrogen-bond acceptors (Lipinski definition) is 1. The van der Waals surface area contributed by atoms with Crippen molar-refractivity contribution in [1.82, 2.24) is 0 Å². The summed E-state index contributed by atoms with van der Waals surface area (Å²) >= 11 is 0. The smallest absolute Gasteiger partial charge is 0.0701 e. The Kier molecular flexibility index (Phi) is 1.31. The molecule has 0 aromatic heterocycles. The minimum atomic E-state index is -0.224. The molecule has 1 nitrogen and oxygen atoms in total. The van der Waals surface area contributed by atoms with Crippen LogP contribution in [0.15, 0.2) is 0 Å². The summed E-state index contributed by atoms with van der Waals surface area (Å²) in [5.74, 6) is 1.24. The predicted molar refractivity (Wildman–Crippen MR) is 40.7 cm³/mol. The predicted octanol–water partition coefficient (Wildman–Crippen LogP) is 1.95. The van der Waals surface area contributed by atoms with Crippen molar-refractivity contribution in [2.75, 3.05) is 0 Å². The van der Waals surface area contributed by atoms with E-state index < -0.39 is 0 Å². The third-order valence-corrected chi connectivity index (χ3v) is 3.58. The van der Waals surface area contributed by atoms with Crippen LogP contribution in [0.3, 0.4) is 0 Å². The van der Waals surface area contributed by atoms with Crippen LogP contribution in [0.4, 0.5) is 0 Å². The van der Waals surface area contributed by atoms with Gasteiger partial charge in [-0.15, -0.1) is 0 Å². The average Bonchev–Trinajstić information content (AvgIpc) is 1.93. The van der Waals surface area contributed by atoms with Gasteiger partial charge in [0, 0.05) is 0 Å². The van der Waals surface area contributed by atoms with Crippen molar-refractivity contribution in [3.63, 3.8) is 0 Å². The van der Waals surface area contributed by atoms with Crippen molar-refractivity contribution in [3.8, 4) is 0 Å². The molecular formula is C9H16O. The van der Waals surface area contributed by atoms with Gasteiger partial charge in [0.1, 0.15) is 0 Å². The van der Waals surface area contributed by atoms with E-state index in [1.807, 2.05) is 0 Å². The van der Waals surface area contributed by atoms with Gasteiger partial charge in [0.15, 0.2) is 0 Å². The Morgan fingerprint density at radius 3 is 2.70 bits per heavy atom. The van der Waals surface area contributed by atoms with Gasteiger partial charge in [0.2, 0.25) is 0 Å². The zero-order chi connectivity index (χ0) is 7.19. The second-order valence-corrected chi connectivity index (χ2v) is 4.07. The quantitative estimate of drug-likeness (QED) is 0.545. The molecule has 0 aliphatic heterocycles. The van der Waals surface area contributed by atoms with Crippen molar-refractivity contribution in [2.24, 2.45) is 11.8 Å². The Labute approximate surface area is 62.4 Å². The van der Waals surface area contributed by atoms with Gasteiger partial charge < -0.3 is 5.11 Å². The lowest BCUT2D eigenvalue weighted by atomic mass is 9.56. The van der Waals surface area contributed by atoms with Crippen molar-refractivity contribution >= 4 is 0 Å². The molecule has 0 spiro atoms. The fourth-order valence-corrected chi connectivity index (χ4v) is 2.69. The third kappa shape index (κ3) is 0.672. The van der Waals surface area contributed by atoms with E-state index in [2.05, 4.69) is 6.92 Å². The average molecular weight is 140 g/mol. The first-order chi connectivity index (χ1) is 4.73. The molecule has 0 aromatic rings. The minimum Gasteiger partial charge on any atom is -0.389 e. The van der Waals surface area contributed by atoms with Crippen LogP contribution >= 0.6 is 0 Å². The molecule has 0 saturated heterocycles. The normalized spacial score (nSPS) is 53.4. The zero-order valence-corrected chi connectivity index (χ0v) is 6.64. The summed E-state index contributed by atoms with van der Waals surface area (Å²) in [4.78, 5) is 0. The maximum absolute atomic E-state index is 10.00. The van der Waals surface area contributed by atoms with E-state index in [0.29, 0.717) is 11.8 Å². The van der Waals surface area contributed by atoms with E-state index in [4.69, 9.17) is 0 Å². The molecule has 10 heavy (non-hydrogen) atoms. The number of aliphatic hydroxyl groups is 1. The lowest BCUT2D eigenvalue weighted by Crippen LogP contribution is -2.55.